The number of nitrogens with one attached hydrogen (secondary N) is 2. The van der Waals surface area contributed by atoms with Crippen LogP contribution in [0.15, 0.2) is 10.3 Å². The van der Waals surface area contributed by atoms with Crippen LogP contribution >= 0.6 is 11.3 Å². The number of sulfonamides is 1. The zero-order valence-electron chi connectivity index (χ0n) is 11.5. The lowest BCUT2D eigenvalue weighted by Crippen LogP contribution is -2.35. The van der Waals surface area contributed by atoms with Gasteiger partial charge in [0.05, 0.1) is 4.92 Å². The van der Waals surface area contributed by atoms with Gasteiger partial charge in [-0.25, -0.2) is 13.1 Å². The van der Waals surface area contributed by atoms with Crippen molar-refractivity contribution in [2.75, 3.05) is 11.9 Å². The van der Waals surface area contributed by atoms with Gasteiger partial charge in [0.25, 0.3) is 10.0 Å². The predicted octanol–water partition coefficient (Wildman–Crippen LogP) is 0.630. The molecule has 1 amide bonds. The molecule has 0 spiro atoms. The summed E-state index contributed by atoms with van der Waals surface area (Å²) in [6.45, 7) is 3.65. The van der Waals surface area contributed by atoms with Crippen LogP contribution in [0.2, 0.25) is 0 Å². The molecule has 0 saturated carbocycles. The van der Waals surface area contributed by atoms with Crippen molar-refractivity contribution in [3.8, 4) is 0 Å². The first-order valence-corrected chi connectivity index (χ1v) is 8.30. The van der Waals surface area contributed by atoms with Crippen LogP contribution in [-0.2, 0) is 14.8 Å². The molecule has 0 aromatic carbocycles. The second-order valence-electron chi connectivity index (χ2n) is 4.26. The smallest absolute Gasteiger partial charge is 0.304 e. The van der Waals surface area contributed by atoms with Gasteiger partial charge in [-0.1, -0.05) is 11.3 Å². The van der Waals surface area contributed by atoms with Gasteiger partial charge in [0, 0.05) is 25.1 Å². The molecule has 1 aromatic rings. The molecule has 0 radical (unpaired) electrons. The number of nitrogens with two attached hydrogens (primary N) is 1. The van der Waals surface area contributed by atoms with Crippen molar-refractivity contribution in [2.24, 2.45) is 5.73 Å². The number of amides is 1. The molecule has 11 heteroatoms. The minimum atomic E-state index is -3.94. The van der Waals surface area contributed by atoms with Gasteiger partial charge >= 0.3 is 5.69 Å². The van der Waals surface area contributed by atoms with E-state index in [0.29, 0.717) is 6.54 Å². The average Bonchev–Trinajstić information content (AvgIpc) is 2.72. The zero-order valence-corrected chi connectivity index (χ0v) is 13.1. The van der Waals surface area contributed by atoms with E-state index < -0.39 is 26.9 Å². The van der Waals surface area contributed by atoms with Gasteiger partial charge in [-0.15, -0.1) is 0 Å². The maximum atomic E-state index is 12.1. The van der Waals surface area contributed by atoms with Crippen LogP contribution in [0.25, 0.3) is 0 Å². The molecule has 1 atom stereocenters. The second-order valence-corrected chi connectivity index (χ2v) is 7.25. The fourth-order valence-corrected chi connectivity index (χ4v) is 4.24. The highest BCUT2D eigenvalue weighted by molar-refractivity contribution is 7.91. The Kier molecular flexibility index (Phi) is 5.63. The molecule has 1 aromatic heterocycles. The molecule has 0 fully saturated rings. The van der Waals surface area contributed by atoms with E-state index in [4.69, 9.17) is 5.73 Å². The van der Waals surface area contributed by atoms with Gasteiger partial charge in [-0.05, 0) is 13.8 Å². The van der Waals surface area contributed by atoms with Crippen LogP contribution in [0.1, 0.15) is 20.3 Å². The lowest BCUT2D eigenvalue weighted by Gasteiger charge is -2.10. The summed E-state index contributed by atoms with van der Waals surface area (Å²) >= 11 is 0.761. The van der Waals surface area contributed by atoms with Crippen molar-refractivity contribution in [3.63, 3.8) is 0 Å². The molecule has 0 bridgehead atoms. The van der Waals surface area contributed by atoms with E-state index in [1.54, 1.807) is 6.92 Å². The summed E-state index contributed by atoms with van der Waals surface area (Å²) in [4.78, 5) is 21.0. The highest BCUT2D eigenvalue weighted by Gasteiger charge is 2.27. The van der Waals surface area contributed by atoms with Crippen molar-refractivity contribution in [1.29, 1.82) is 0 Å². The Balaban J connectivity index is 3.05. The highest BCUT2D eigenvalue weighted by Crippen LogP contribution is 2.36. The summed E-state index contributed by atoms with van der Waals surface area (Å²) in [5.41, 5.74) is 4.69. The lowest BCUT2D eigenvalue weighted by molar-refractivity contribution is -0.383. The number of carbonyl (C=O) groups excluding carboxylic acids is 1. The standard InChI is InChI=1S/C10H16N4O5S2/c1-3-12-10-7(14(16)17)5-9(20-10)21(18,19)13-6(2)4-8(11)15/h5-6,12-13H,3-4H2,1-2H3,(H2,11,15). The van der Waals surface area contributed by atoms with Crippen LogP contribution in [0, 0.1) is 10.1 Å². The number of anilines is 1. The Morgan fingerprint density at radius 3 is 2.67 bits per heavy atom. The van der Waals surface area contributed by atoms with Gasteiger partial charge in [0.1, 0.15) is 4.21 Å². The quantitative estimate of drug-likeness (QED) is 0.469. The van der Waals surface area contributed by atoms with Gasteiger partial charge < -0.3 is 11.1 Å². The summed E-state index contributed by atoms with van der Waals surface area (Å²) in [6, 6.07) is 0.290. The van der Waals surface area contributed by atoms with Crippen LogP contribution < -0.4 is 15.8 Å². The van der Waals surface area contributed by atoms with Crippen LogP contribution in [0.4, 0.5) is 10.7 Å². The Morgan fingerprint density at radius 2 is 2.19 bits per heavy atom. The Hall–Kier alpha value is -1.72. The molecule has 9 nitrogen and oxygen atoms in total. The van der Waals surface area contributed by atoms with Crippen molar-refractivity contribution < 1.29 is 18.1 Å². The minimum absolute atomic E-state index is 0.160. The molecule has 0 saturated heterocycles. The van der Waals surface area contributed by atoms with Crippen molar-refractivity contribution in [2.45, 2.75) is 30.5 Å². The third kappa shape index (κ3) is 4.65. The molecule has 1 rings (SSSR count). The molecular weight excluding hydrogens is 320 g/mol. The van der Waals surface area contributed by atoms with Gasteiger partial charge in [-0.3, -0.25) is 14.9 Å². The van der Waals surface area contributed by atoms with Crippen LogP contribution in [0.3, 0.4) is 0 Å². The molecule has 0 aliphatic rings. The minimum Gasteiger partial charge on any atom is -0.372 e. The predicted molar refractivity (Wildman–Crippen MR) is 78.7 cm³/mol. The summed E-state index contributed by atoms with van der Waals surface area (Å²) in [5.74, 6) is -0.643. The summed E-state index contributed by atoms with van der Waals surface area (Å²) in [5, 5.41) is 13.8. The van der Waals surface area contributed by atoms with Crippen LogP contribution in [-0.4, -0.2) is 31.8 Å². The number of primary amides is 1. The normalized spacial score (nSPS) is 12.9. The number of nitro groups is 1. The Bertz CT molecular complexity index is 640. The highest BCUT2D eigenvalue weighted by atomic mass is 32.2. The van der Waals surface area contributed by atoms with E-state index in [1.807, 2.05) is 0 Å². The number of rotatable bonds is 8. The monoisotopic (exact) mass is 336 g/mol. The summed E-state index contributed by atoms with van der Waals surface area (Å²) in [7, 11) is -3.94. The topological polar surface area (TPSA) is 144 Å². The van der Waals surface area contributed by atoms with Gasteiger partial charge in [0.2, 0.25) is 5.91 Å². The first-order valence-electron chi connectivity index (χ1n) is 6.00. The molecule has 0 aliphatic heterocycles. The van der Waals surface area contributed by atoms with E-state index >= 15 is 0 Å². The fourth-order valence-electron chi connectivity index (χ4n) is 1.58. The molecule has 1 heterocycles. The van der Waals surface area contributed by atoms with Crippen molar-refractivity contribution >= 4 is 38.0 Å². The van der Waals surface area contributed by atoms with Gasteiger partial charge in [-0.2, -0.15) is 0 Å². The maximum absolute atomic E-state index is 12.1. The number of hydrogen-bond donors (Lipinski definition) is 3. The third-order valence-electron chi connectivity index (χ3n) is 2.35. The van der Waals surface area contributed by atoms with E-state index in [1.165, 1.54) is 6.92 Å². The molecule has 4 N–H and O–H groups in total. The largest absolute Gasteiger partial charge is 0.372 e. The number of nitrogens with zero attached hydrogens (tertiary/aromatic N) is 1. The number of carbonyl (C=O) groups is 1. The summed E-state index contributed by atoms with van der Waals surface area (Å²) < 4.78 is 26.3. The van der Waals surface area contributed by atoms with E-state index in [0.717, 1.165) is 17.4 Å². The van der Waals surface area contributed by atoms with E-state index in [2.05, 4.69) is 10.0 Å². The molecular formula is C10H16N4O5S2. The molecule has 0 aliphatic carbocycles. The first kappa shape index (κ1) is 17.3. The van der Waals surface area contributed by atoms with E-state index in [-0.39, 0.29) is 21.3 Å². The lowest BCUT2D eigenvalue weighted by atomic mass is 10.2. The molecule has 1 unspecified atom stereocenters. The zero-order chi connectivity index (χ0) is 16.2. The van der Waals surface area contributed by atoms with Gasteiger partial charge in [0.15, 0.2) is 5.00 Å². The number of thiophene rings is 1. The maximum Gasteiger partial charge on any atom is 0.304 e. The fraction of sp³-hybridized carbons (Fsp3) is 0.500. The molecule has 21 heavy (non-hydrogen) atoms. The Labute approximate surface area is 125 Å². The Morgan fingerprint density at radius 1 is 1.57 bits per heavy atom. The van der Waals surface area contributed by atoms with Crippen molar-refractivity contribution in [3.05, 3.63) is 16.2 Å². The third-order valence-corrected chi connectivity index (χ3v) is 5.50. The van der Waals surface area contributed by atoms with Crippen molar-refractivity contribution in [1.82, 2.24) is 4.72 Å². The van der Waals surface area contributed by atoms with E-state index in [9.17, 15) is 23.3 Å². The first-order chi connectivity index (χ1) is 9.67. The average molecular weight is 336 g/mol. The second kappa shape index (κ2) is 6.83. The molecule has 118 valence electrons. The summed E-state index contributed by atoms with van der Waals surface area (Å²) in [6.07, 6.45) is -0.160. The SMILES string of the molecule is CCNc1sc(S(=O)(=O)NC(C)CC(N)=O)cc1[N+](=O)[O-]. The number of hydrogen-bond acceptors (Lipinski definition) is 7. The van der Waals surface area contributed by atoms with Crippen LogP contribution in [0.5, 0.6) is 0 Å².